The monoisotopic (exact) mass is 484 g/mol. The summed E-state index contributed by atoms with van der Waals surface area (Å²) in [5.74, 6) is -0.454. The van der Waals surface area contributed by atoms with Gasteiger partial charge in [0.05, 0.1) is 12.8 Å². The quantitative estimate of drug-likeness (QED) is 0.385. The fourth-order valence-electron chi connectivity index (χ4n) is 4.13. The Morgan fingerprint density at radius 3 is 2.22 bits per heavy atom. The number of anilines is 1. The van der Waals surface area contributed by atoms with Crippen LogP contribution in [0.5, 0.6) is 11.5 Å². The summed E-state index contributed by atoms with van der Waals surface area (Å²) < 4.78 is 11.5. The topological polar surface area (TPSA) is 84.9 Å². The number of imide groups is 2. The van der Waals surface area contributed by atoms with E-state index in [0.29, 0.717) is 29.4 Å². The van der Waals surface area contributed by atoms with Crippen LogP contribution in [0.15, 0.2) is 60.2 Å². The second-order valence-electron chi connectivity index (χ2n) is 8.92. The lowest BCUT2D eigenvalue weighted by Gasteiger charge is -2.26. The number of hydrogen-bond donors (Lipinski definition) is 1. The van der Waals surface area contributed by atoms with Gasteiger partial charge in [0.2, 0.25) is 0 Å². The minimum Gasteiger partial charge on any atom is -0.493 e. The molecule has 1 saturated heterocycles. The van der Waals surface area contributed by atoms with E-state index in [0.717, 1.165) is 32.7 Å². The number of aryl methyl sites for hydroxylation is 4. The van der Waals surface area contributed by atoms with E-state index in [9.17, 15) is 14.4 Å². The van der Waals surface area contributed by atoms with Crippen molar-refractivity contribution < 1.29 is 23.9 Å². The predicted molar refractivity (Wildman–Crippen MR) is 138 cm³/mol. The van der Waals surface area contributed by atoms with Crippen molar-refractivity contribution in [3.8, 4) is 11.5 Å². The summed E-state index contributed by atoms with van der Waals surface area (Å²) in [7, 11) is 1.52. The number of nitrogens with one attached hydrogen (secondary N) is 1. The van der Waals surface area contributed by atoms with Crippen molar-refractivity contribution in [3.63, 3.8) is 0 Å². The second-order valence-corrected chi connectivity index (χ2v) is 8.92. The zero-order valence-corrected chi connectivity index (χ0v) is 21.0. The van der Waals surface area contributed by atoms with Gasteiger partial charge in [0.15, 0.2) is 11.5 Å². The average Bonchev–Trinajstić information content (AvgIpc) is 2.82. The number of amides is 4. The average molecular weight is 485 g/mol. The highest BCUT2D eigenvalue weighted by molar-refractivity contribution is 6.39. The van der Waals surface area contributed by atoms with E-state index in [1.165, 1.54) is 13.2 Å². The lowest BCUT2D eigenvalue weighted by atomic mass is 10.0. The molecule has 0 radical (unpaired) electrons. The third-order valence-electron chi connectivity index (χ3n) is 6.02. The Hall–Kier alpha value is -4.39. The molecule has 1 aliphatic rings. The molecular weight excluding hydrogens is 456 g/mol. The Labute approximate surface area is 210 Å². The molecule has 4 rings (SSSR count). The second kappa shape index (κ2) is 10.1. The molecule has 3 aromatic carbocycles. The molecule has 7 nitrogen and oxygen atoms in total. The maximum Gasteiger partial charge on any atom is 0.335 e. The number of nitrogens with zero attached hydrogens (tertiary/aromatic N) is 1. The summed E-state index contributed by atoms with van der Waals surface area (Å²) in [4.78, 5) is 39.2. The predicted octanol–water partition coefficient (Wildman–Crippen LogP) is 5.17. The summed E-state index contributed by atoms with van der Waals surface area (Å²) in [5.41, 5.74) is 6.11. The number of ether oxygens (including phenoxy) is 2. The van der Waals surface area contributed by atoms with Crippen molar-refractivity contribution in [2.45, 2.75) is 34.3 Å². The molecule has 0 bridgehead atoms. The number of urea groups is 1. The van der Waals surface area contributed by atoms with Crippen LogP contribution in [-0.4, -0.2) is 25.0 Å². The highest BCUT2D eigenvalue weighted by Gasteiger charge is 2.37. The third kappa shape index (κ3) is 5.15. The molecule has 1 heterocycles. The van der Waals surface area contributed by atoms with Crippen LogP contribution in [0.1, 0.15) is 33.4 Å². The first-order chi connectivity index (χ1) is 17.2. The van der Waals surface area contributed by atoms with E-state index < -0.39 is 17.8 Å². The van der Waals surface area contributed by atoms with Gasteiger partial charge >= 0.3 is 6.03 Å². The first kappa shape index (κ1) is 24.7. The van der Waals surface area contributed by atoms with E-state index in [-0.39, 0.29) is 5.57 Å². The Kier molecular flexibility index (Phi) is 6.92. The standard InChI is InChI=1S/C29H28N2O5/c1-17-10-18(2)12-22(11-17)16-36-25-9-7-21(15-26(25)35-5)14-24-27(32)30-29(34)31(28(24)33)23-8-6-19(3)20(4)13-23/h6-15H,16H2,1-5H3,(H,30,32,34)/b24-14+. The number of barbiturate groups is 1. The smallest absolute Gasteiger partial charge is 0.335 e. The van der Waals surface area contributed by atoms with Crippen LogP contribution in [0.3, 0.4) is 0 Å². The van der Waals surface area contributed by atoms with E-state index in [1.807, 2.05) is 33.8 Å². The number of benzene rings is 3. The largest absolute Gasteiger partial charge is 0.493 e. The van der Waals surface area contributed by atoms with Crippen molar-refractivity contribution >= 4 is 29.6 Å². The highest BCUT2D eigenvalue weighted by atomic mass is 16.5. The summed E-state index contributed by atoms with van der Waals surface area (Å²) in [5, 5.41) is 2.25. The van der Waals surface area contributed by atoms with Crippen LogP contribution in [0.4, 0.5) is 10.5 Å². The van der Waals surface area contributed by atoms with Crippen LogP contribution >= 0.6 is 0 Å². The third-order valence-corrected chi connectivity index (χ3v) is 6.02. The van der Waals surface area contributed by atoms with Crippen LogP contribution in [0.2, 0.25) is 0 Å². The van der Waals surface area contributed by atoms with Crippen LogP contribution in [0.25, 0.3) is 6.08 Å². The molecule has 0 aromatic heterocycles. The van der Waals surface area contributed by atoms with Gasteiger partial charge in [-0.2, -0.15) is 0 Å². The minimum atomic E-state index is -0.780. The molecule has 0 aliphatic carbocycles. The number of carbonyl (C=O) groups is 3. The van der Waals surface area contributed by atoms with Gasteiger partial charge in [-0.05, 0) is 80.3 Å². The van der Waals surface area contributed by atoms with Crippen LogP contribution < -0.4 is 19.7 Å². The van der Waals surface area contributed by atoms with Gasteiger partial charge in [0, 0.05) is 0 Å². The maximum atomic E-state index is 13.2. The summed E-state index contributed by atoms with van der Waals surface area (Å²) >= 11 is 0. The van der Waals surface area contributed by atoms with Crippen molar-refractivity contribution in [2.75, 3.05) is 12.0 Å². The summed E-state index contributed by atoms with van der Waals surface area (Å²) in [6.45, 7) is 8.28. The molecule has 3 aromatic rings. The Morgan fingerprint density at radius 1 is 0.833 bits per heavy atom. The van der Waals surface area contributed by atoms with E-state index >= 15 is 0 Å². The van der Waals surface area contributed by atoms with Crippen molar-refractivity contribution in [1.29, 1.82) is 0 Å². The fourth-order valence-corrected chi connectivity index (χ4v) is 4.13. The van der Waals surface area contributed by atoms with Gasteiger partial charge in [0.1, 0.15) is 12.2 Å². The molecule has 1 N–H and O–H groups in total. The molecule has 7 heteroatoms. The molecule has 0 saturated carbocycles. The van der Waals surface area contributed by atoms with Crippen LogP contribution in [-0.2, 0) is 16.2 Å². The van der Waals surface area contributed by atoms with E-state index in [4.69, 9.17) is 9.47 Å². The zero-order chi connectivity index (χ0) is 26.0. The first-order valence-corrected chi connectivity index (χ1v) is 11.5. The molecule has 1 fully saturated rings. The lowest BCUT2D eigenvalue weighted by Crippen LogP contribution is -2.54. The Bertz CT molecular complexity index is 1390. The SMILES string of the molecule is COc1cc(/C=C2\C(=O)NC(=O)N(c3ccc(C)c(C)c3)C2=O)ccc1OCc1cc(C)cc(C)c1. The number of methoxy groups -OCH3 is 1. The van der Waals surface area contributed by atoms with Gasteiger partial charge < -0.3 is 9.47 Å². The fraction of sp³-hybridized carbons (Fsp3) is 0.207. The van der Waals surface area contributed by atoms with E-state index in [1.54, 1.807) is 30.3 Å². The van der Waals surface area contributed by atoms with Crippen molar-refractivity contribution in [1.82, 2.24) is 5.32 Å². The van der Waals surface area contributed by atoms with Crippen molar-refractivity contribution in [3.05, 3.63) is 93.6 Å². The molecule has 36 heavy (non-hydrogen) atoms. The number of rotatable bonds is 6. The van der Waals surface area contributed by atoms with E-state index in [2.05, 4.69) is 23.5 Å². The number of hydrogen-bond acceptors (Lipinski definition) is 5. The molecule has 0 spiro atoms. The zero-order valence-electron chi connectivity index (χ0n) is 21.0. The van der Waals surface area contributed by atoms with Gasteiger partial charge in [-0.1, -0.05) is 41.5 Å². The lowest BCUT2D eigenvalue weighted by molar-refractivity contribution is -0.122. The maximum absolute atomic E-state index is 13.2. The molecule has 184 valence electrons. The first-order valence-electron chi connectivity index (χ1n) is 11.5. The summed E-state index contributed by atoms with van der Waals surface area (Å²) in [6.07, 6.45) is 1.44. The van der Waals surface area contributed by atoms with Gasteiger partial charge in [-0.3, -0.25) is 14.9 Å². The van der Waals surface area contributed by atoms with Gasteiger partial charge in [-0.15, -0.1) is 0 Å². The minimum absolute atomic E-state index is 0.154. The molecule has 0 unspecified atom stereocenters. The van der Waals surface area contributed by atoms with Gasteiger partial charge in [0.25, 0.3) is 11.8 Å². The highest BCUT2D eigenvalue weighted by Crippen LogP contribution is 2.31. The Morgan fingerprint density at radius 2 is 1.56 bits per heavy atom. The van der Waals surface area contributed by atoms with Gasteiger partial charge in [-0.25, -0.2) is 9.69 Å². The van der Waals surface area contributed by atoms with Crippen LogP contribution in [0, 0.1) is 27.7 Å². The number of carbonyl (C=O) groups excluding carboxylic acids is 3. The molecule has 4 amide bonds. The normalized spacial score (nSPS) is 14.8. The molecule has 0 atom stereocenters. The Balaban J connectivity index is 1.60. The molecular formula is C29H28N2O5. The summed E-state index contributed by atoms with van der Waals surface area (Å²) in [6, 6.07) is 15.8. The van der Waals surface area contributed by atoms with Crippen molar-refractivity contribution in [2.24, 2.45) is 0 Å². The molecule has 1 aliphatic heterocycles.